The first-order valence-corrected chi connectivity index (χ1v) is 10.9. The number of anilines is 1. The third kappa shape index (κ3) is 6.35. The van der Waals surface area contributed by atoms with Crippen molar-refractivity contribution in [3.8, 4) is 5.75 Å². The Labute approximate surface area is 185 Å². The zero-order chi connectivity index (χ0) is 22.2. The van der Waals surface area contributed by atoms with E-state index in [2.05, 4.69) is 41.0 Å². The first kappa shape index (κ1) is 22.4. The van der Waals surface area contributed by atoms with E-state index in [1.54, 1.807) is 0 Å². The number of hydrogen-bond acceptors (Lipinski definition) is 4. The van der Waals surface area contributed by atoms with Crippen LogP contribution in [-0.4, -0.2) is 48.9 Å². The Hall–Kier alpha value is -3.28. The largest absolute Gasteiger partial charge is 0.490 e. The molecule has 0 bridgehead atoms. The highest BCUT2D eigenvalue weighted by Gasteiger charge is 2.20. The summed E-state index contributed by atoms with van der Waals surface area (Å²) in [7, 11) is 0. The van der Waals surface area contributed by atoms with Crippen LogP contribution in [0, 0.1) is 10.8 Å². The Morgan fingerprint density at radius 2 is 1.87 bits per heavy atom. The van der Waals surface area contributed by atoms with Crippen molar-refractivity contribution in [2.75, 3.05) is 31.1 Å². The fraction of sp³-hybridized carbons (Fsp3) is 0.360. The Balaban J connectivity index is 1.54. The number of nitrogens with zero attached hydrogens (tertiary/aromatic N) is 2. The van der Waals surface area contributed by atoms with Crippen molar-refractivity contribution >= 4 is 23.4 Å². The van der Waals surface area contributed by atoms with Gasteiger partial charge in [0.2, 0.25) is 0 Å². The summed E-state index contributed by atoms with van der Waals surface area (Å²) in [5.74, 6) is 1.63. The zero-order valence-electron chi connectivity index (χ0n) is 18.5. The molecule has 0 amide bonds. The van der Waals surface area contributed by atoms with Gasteiger partial charge in [-0.2, -0.15) is 0 Å². The molecule has 6 nitrogen and oxygen atoms in total. The number of likely N-dealkylation sites (tertiary alicyclic amines) is 1. The maximum Gasteiger partial charge on any atom is 0.122 e. The van der Waals surface area contributed by atoms with E-state index in [-0.39, 0.29) is 11.9 Å². The molecule has 0 aromatic heterocycles. The van der Waals surface area contributed by atoms with Gasteiger partial charge in [0.05, 0.1) is 5.84 Å². The zero-order valence-corrected chi connectivity index (χ0v) is 18.5. The number of benzene rings is 2. The lowest BCUT2D eigenvalue weighted by Gasteiger charge is -2.32. The number of hydrogen-bond donors (Lipinski definition) is 3. The molecule has 4 N–H and O–H groups in total. The van der Waals surface area contributed by atoms with Gasteiger partial charge in [-0.1, -0.05) is 30.4 Å². The van der Waals surface area contributed by atoms with Crippen LogP contribution in [0.3, 0.4) is 0 Å². The standard InChI is InChI=1S/C25H33N5O/c1-3-29(15-5-7-20-6-4-8-21(18-20)25(27)28)22-9-11-23(12-10-22)31-24-13-16-30(17-14-24)19(2)26/h4-12,18,24,26H,3,13-17H2,1-2H3,(H3,27,28). The van der Waals surface area contributed by atoms with E-state index in [1.165, 1.54) is 0 Å². The van der Waals surface area contributed by atoms with Crippen molar-refractivity contribution in [1.29, 1.82) is 10.8 Å². The SMILES string of the molecule is CCN(CC=Cc1cccc(C(=N)N)c1)c1ccc(OC2CCN(C(C)=N)CC2)cc1. The van der Waals surface area contributed by atoms with Crippen molar-refractivity contribution in [3.63, 3.8) is 0 Å². The van der Waals surface area contributed by atoms with Crippen molar-refractivity contribution in [3.05, 3.63) is 65.7 Å². The predicted octanol–water partition coefficient (Wildman–Crippen LogP) is 4.35. The number of rotatable bonds is 8. The molecule has 3 rings (SSSR count). The summed E-state index contributed by atoms with van der Waals surface area (Å²) in [4.78, 5) is 4.40. The minimum absolute atomic E-state index is 0.0862. The molecular formula is C25H33N5O. The number of ether oxygens (including phenoxy) is 1. The van der Waals surface area contributed by atoms with Crippen molar-refractivity contribution in [2.24, 2.45) is 5.73 Å². The van der Waals surface area contributed by atoms with Crippen molar-refractivity contribution < 1.29 is 4.74 Å². The van der Waals surface area contributed by atoms with Crippen LogP contribution in [0.1, 0.15) is 37.8 Å². The fourth-order valence-electron chi connectivity index (χ4n) is 3.78. The van der Waals surface area contributed by atoms with Crippen LogP contribution in [0.15, 0.2) is 54.6 Å². The van der Waals surface area contributed by atoms with Gasteiger partial charge < -0.3 is 20.3 Å². The molecule has 0 atom stereocenters. The highest BCUT2D eigenvalue weighted by Crippen LogP contribution is 2.23. The number of nitrogen functional groups attached to an aromatic ring is 1. The lowest BCUT2D eigenvalue weighted by molar-refractivity contribution is 0.130. The smallest absolute Gasteiger partial charge is 0.122 e. The summed E-state index contributed by atoms with van der Waals surface area (Å²) in [5, 5.41) is 15.3. The molecule has 0 aliphatic carbocycles. The molecule has 1 heterocycles. The minimum Gasteiger partial charge on any atom is -0.490 e. The first-order valence-electron chi connectivity index (χ1n) is 10.9. The van der Waals surface area contributed by atoms with Crippen LogP contribution in [0.5, 0.6) is 5.75 Å². The molecule has 1 fully saturated rings. The van der Waals surface area contributed by atoms with Gasteiger partial charge in [0.1, 0.15) is 17.7 Å². The van der Waals surface area contributed by atoms with E-state index >= 15 is 0 Å². The quantitative estimate of drug-likeness (QED) is 0.438. The van der Waals surface area contributed by atoms with Gasteiger partial charge in [-0.15, -0.1) is 0 Å². The van der Waals surface area contributed by atoms with E-state index in [1.807, 2.05) is 43.3 Å². The molecule has 0 spiro atoms. The third-order valence-corrected chi connectivity index (χ3v) is 5.64. The molecule has 0 unspecified atom stereocenters. The fourth-order valence-corrected chi connectivity index (χ4v) is 3.78. The topological polar surface area (TPSA) is 89.4 Å². The summed E-state index contributed by atoms with van der Waals surface area (Å²) >= 11 is 0. The summed E-state index contributed by atoms with van der Waals surface area (Å²) in [5.41, 5.74) is 8.51. The summed E-state index contributed by atoms with van der Waals surface area (Å²) < 4.78 is 6.16. The number of likely N-dealkylation sites (N-methyl/N-ethyl adjacent to an activating group) is 1. The Morgan fingerprint density at radius 3 is 2.48 bits per heavy atom. The van der Waals surface area contributed by atoms with Gasteiger partial charge in [0.25, 0.3) is 0 Å². The molecule has 1 aliphatic rings. The summed E-state index contributed by atoms with van der Waals surface area (Å²) in [6.07, 6.45) is 6.32. The van der Waals surface area contributed by atoms with Gasteiger partial charge in [-0.05, 0) is 49.7 Å². The highest BCUT2D eigenvalue weighted by atomic mass is 16.5. The second-order valence-corrected chi connectivity index (χ2v) is 7.86. The Kier molecular flexibility index (Phi) is 7.70. The van der Waals surface area contributed by atoms with Crippen molar-refractivity contribution in [1.82, 2.24) is 4.90 Å². The Morgan fingerprint density at radius 1 is 1.16 bits per heavy atom. The average molecular weight is 420 g/mol. The molecule has 2 aromatic carbocycles. The molecule has 2 aromatic rings. The van der Waals surface area contributed by atoms with Crippen LogP contribution in [0.25, 0.3) is 6.08 Å². The van der Waals surface area contributed by atoms with E-state index in [9.17, 15) is 0 Å². The van der Waals surface area contributed by atoms with Crippen LogP contribution in [-0.2, 0) is 0 Å². The third-order valence-electron chi connectivity index (χ3n) is 5.64. The molecule has 0 radical (unpaired) electrons. The summed E-state index contributed by atoms with van der Waals surface area (Å²) in [6.45, 7) is 7.47. The maximum atomic E-state index is 7.74. The molecule has 1 saturated heterocycles. The second-order valence-electron chi connectivity index (χ2n) is 7.86. The minimum atomic E-state index is 0.0862. The van der Waals surface area contributed by atoms with E-state index in [4.69, 9.17) is 21.3 Å². The average Bonchev–Trinajstić information content (AvgIpc) is 2.78. The number of amidine groups is 2. The van der Waals surface area contributed by atoms with E-state index in [0.29, 0.717) is 5.84 Å². The number of nitrogens with one attached hydrogen (secondary N) is 2. The summed E-state index contributed by atoms with van der Waals surface area (Å²) in [6, 6.07) is 16.0. The van der Waals surface area contributed by atoms with Crippen molar-refractivity contribution in [2.45, 2.75) is 32.8 Å². The highest BCUT2D eigenvalue weighted by molar-refractivity contribution is 5.95. The van der Waals surface area contributed by atoms with Crippen LogP contribution >= 0.6 is 0 Å². The van der Waals surface area contributed by atoms with Gasteiger partial charge in [-0.3, -0.25) is 10.8 Å². The van der Waals surface area contributed by atoms with Gasteiger partial charge in [0, 0.05) is 50.3 Å². The lowest BCUT2D eigenvalue weighted by atomic mass is 10.1. The van der Waals surface area contributed by atoms with Gasteiger partial charge >= 0.3 is 0 Å². The molecule has 1 aliphatic heterocycles. The molecule has 6 heteroatoms. The normalized spacial score (nSPS) is 14.6. The van der Waals surface area contributed by atoms with E-state index < -0.39 is 0 Å². The molecule has 164 valence electrons. The van der Waals surface area contributed by atoms with Crippen LogP contribution in [0.2, 0.25) is 0 Å². The lowest BCUT2D eigenvalue weighted by Crippen LogP contribution is -2.40. The molecule has 31 heavy (non-hydrogen) atoms. The van der Waals surface area contributed by atoms with E-state index in [0.717, 1.165) is 61.6 Å². The van der Waals surface area contributed by atoms with Crippen LogP contribution < -0.4 is 15.4 Å². The number of nitrogens with two attached hydrogens (primary N) is 1. The predicted molar refractivity (Wildman–Crippen MR) is 129 cm³/mol. The second kappa shape index (κ2) is 10.7. The van der Waals surface area contributed by atoms with Gasteiger partial charge in [-0.25, -0.2) is 0 Å². The van der Waals surface area contributed by atoms with Crippen LogP contribution in [0.4, 0.5) is 5.69 Å². The first-order chi connectivity index (χ1) is 15.0. The number of piperidine rings is 1. The van der Waals surface area contributed by atoms with Gasteiger partial charge in [0.15, 0.2) is 0 Å². The Bertz CT molecular complexity index is 914. The molecule has 0 saturated carbocycles. The maximum absolute atomic E-state index is 7.74. The monoisotopic (exact) mass is 419 g/mol. The molecular weight excluding hydrogens is 386 g/mol.